The lowest BCUT2D eigenvalue weighted by atomic mass is 9.76. The third-order valence-corrected chi connectivity index (χ3v) is 8.46. The van der Waals surface area contributed by atoms with Gasteiger partial charge in [0.05, 0.1) is 6.42 Å². The first-order chi connectivity index (χ1) is 18.0. The quantitative estimate of drug-likeness (QED) is 0.435. The Bertz CT molecular complexity index is 1250. The van der Waals surface area contributed by atoms with Crippen molar-refractivity contribution in [3.63, 3.8) is 0 Å². The maximum absolute atomic E-state index is 15.4. The van der Waals surface area contributed by atoms with E-state index in [0.29, 0.717) is 37.7 Å². The molecule has 202 valence electrons. The molecular formula is C28H30F3N2O5+. The number of quaternary nitrogens is 1. The van der Waals surface area contributed by atoms with Crippen LogP contribution in [0.3, 0.4) is 0 Å². The molecule has 38 heavy (non-hydrogen) atoms. The first-order valence-corrected chi connectivity index (χ1v) is 12.9. The number of benzene rings is 2. The van der Waals surface area contributed by atoms with Crippen molar-refractivity contribution < 1.29 is 37.8 Å². The van der Waals surface area contributed by atoms with Crippen LogP contribution in [-0.2, 0) is 16.0 Å². The Morgan fingerprint density at radius 3 is 2.24 bits per heavy atom. The molecule has 2 fully saturated rings. The van der Waals surface area contributed by atoms with Crippen molar-refractivity contribution in [2.24, 2.45) is 5.92 Å². The summed E-state index contributed by atoms with van der Waals surface area (Å²) in [5.74, 6) is -2.34. The second kappa shape index (κ2) is 9.41. The van der Waals surface area contributed by atoms with Crippen LogP contribution in [-0.4, -0.2) is 51.0 Å². The van der Waals surface area contributed by atoms with E-state index in [1.807, 2.05) is 0 Å². The molecule has 2 aromatic carbocycles. The van der Waals surface area contributed by atoms with Gasteiger partial charge in [0.25, 0.3) is 0 Å². The number of hydrogen-bond donors (Lipinski definition) is 2. The second-order valence-electron chi connectivity index (χ2n) is 10.5. The molecule has 4 atom stereocenters. The minimum atomic E-state index is -4.98. The summed E-state index contributed by atoms with van der Waals surface area (Å²) in [4.78, 5) is 40.2. The van der Waals surface area contributed by atoms with Crippen LogP contribution in [0.1, 0.15) is 62.1 Å². The average Bonchev–Trinajstić information content (AvgIpc) is 3.60. The lowest BCUT2D eigenvalue weighted by Gasteiger charge is -2.60. The molecule has 1 heterocycles. The third kappa shape index (κ3) is 3.88. The van der Waals surface area contributed by atoms with Crippen LogP contribution in [0.25, 0.3) is 0 Å². The summed E-state index contributed by atoms with van der Waals surface area (Å²) in [5, 5.41) is 20.4. The summed E-state index contributed by atoms with van der Waals surface area (Å²) in [5.41, 5.74) is -1.37. The van der Waals surface area contributed by atoms with Gasteiger partial charge >= 0.3 is 18.2 Å². The zero-order valence-electron chi connectivity index (χ0n) is 20.7. The van der Waals surface area contributed by atoms with Crippen LogP contribution in [0, 0.1) is 5.92 Å². The van der Waals surface area contributed by atoms with E-state index in [4.69, 9.17) is 0 Å². The maximum atomic E-state index is 15.4. The van der Waals surface area contributed by atoms with E-state index in [1.165, 1.54) is 35.2 Å². The van der Waals surface area contributed by atoms with Gasteiger partial charge in [0.2, 0.25) is 11.9 Å². The summed E-state index contributed by atoms with van der Waals surface area (Å²) in [6.07, 6.45) is -5.11. The SMILES string of the molecule is O=C(O)CCC(=O)N(C1CC1)[C@@]12CCC[C@@H]1Cc1ccccc1[N@+]2(C(=O)O)[C@@H](c1ccccc1)C(F)(F)F. The van der Waals surface area contributed by atoms with Gasteiger partial charge in [-0.2, -0.15) is 22.4 Å². The number of alkyl halides is 3. The Kier molecular flexibility index (Phi) is 6.49. The van der Waals surface area contributed by atoms with Gasteiger partial charge in [0.1, 0.15) is 5.69 Å². The topological polar surface area (TPSA) is 94.9 Å². The number of rotatable bonds is 7. The van der Waals surface area contributed by atoms with Crippen molar-refractivity contribution in [3.8, 4) is 0 Å². The summed E-state index contributed by atoms with van der Waals surface area (Å²) in [6.45, 7) is 0. The number of para-hydroxylation sites is 1. The van der Waals surface area contributed by atoms with Crippen LogP contribution in [0.4, 0.5) is 23.7 Å². The van der Waals surface area contributed by atoms with Gasteiger partial charge in [-0.3, -0.25) is 14.5 Å². The normalized spacial score (nSPS) is 27.2. The number of nitrogens with zero attached hydrogens (tertiary/aromatic N) is 2. The minimum Gasteiger partial charge on any atom is -0.481 e. The van der Waals surface area contributed by atoms with E-state index in [0.717, 1.165) is 0 Å². The highest BCUT2D eigenvalue weighted by Crippen LogP contribution is 2.63. The standard InChI is InChI=1S/C28H29F3N2O5/c29-28(30,31)25(18-7-2-1-3-8-18)33(26(37)38)22-11-5-4-9-19(22)17-20-10-6-16-27(20,33)32(21-12-13-21)23(34)14-15-24(35)36/h1-5,7-9,11,20-21,25H,6,10,12-17H2,(H-,35,36,37,38)/p+1/t20-,25+,27-,33-/m1/s1. The molecule has 0 aromatic heterocycles. The predicted octanol–water partition coefficient (Wildman–Crippen LogP) is 5.88. The van der Waals surface area contributed by atoms with Gasteiger partial charge in [-0.1, -0.05) is 48.5 Å². The van der Waals surface area contributed by atoms with Gasteiger partial charge < -0.3 is 10.2 Å². The molecular weight excluding hydrogens is 501 g/mol. The number of fused-ring (bicyclic) bond motifs is 2. The van der Waals surface area contributed by atoms with Crippen LogP contribution in [0.15, 0.2) is 54.6 Å². The molecule has 0 radical (unpaired) electrons. The predicted molar refractivity (Wildman–Crippen MR) is 132 cm³/mol. The zero-order chi connectivity index (χ0) is 27.3. The number of carbonyl (C=O) groups excluding carboxylic acids is 1. The Labute approximate surface area is 218 Å². The maximum Gasteiger partial charge on any atom is 0.521 e. The number of carboxylic acids is 1. The van der Waals surface area contributed by atoms with Crippen molar-refractivity contribution in [3.05, 3.63) is 65.7 Å². The van der Waals surface area contributed by atoms with Gasteiger partial charge in [0, 0.05) is 42.0 Å². The molecule has 0 bridgehead atoms. The number of halogens is 3. The first-order valence-electron chi connectivity index (χ1n) is 12.9. The van der Waals surface area contributed by atoms with E-state index in [2.05, 4.69) is 0 Å². The summed E-state index contributed by atoms with van der Waals surface area (Å²) < 4.78 is 44.7. The fraction of sp³-hybridized carbons (Fsp3) is 0.464. The Hall–Kier alpha value is -3.40. The van der Waals surface area contributed by atoms with E-state index < -0.39 is 65.1 Å². The molecule has 0 saturated heterocycles. The number of hydrogen-bond acceptors (Lipinski definition) is 3. The highest BCUT2D eigenvalue weighted by Gasteiger charge is 2.78. The second-order valence-corrected chi connectivity index (χ2v) is 10.5. The summed E-state index contributed by atoms with van der Waals surface area (Å²) in [6, 6.07) is 10.5. The van der Waals surface area contributed by atoms with Crippen molar-refractivity contribution >= 4 is 23.7 Å². The fourth-order valence-corrected chi connectivity index (χ4v) is 7.17. The molecule has 7 nitrogen and oxygen atoms in total. The molecule has 1 aliphatic heterocycles. The monoisotopic (exact) mass is 531 g/mol. The van der Waals surface area contributed by atoms with Crippen molar-refractivity contribution in [1.82, 2.24) is 9.38 Å². The number of carboxylic acid groups (broad SMARTS) is 2. The fourth-order valence-electron chi connectivity index (χ4n) is 7.17. The first kappa shape index (κ1) is 26.2. The zero-order valence-corrected chi connectivity index (χ0v) is 20.7. The lowest BCUT2D eigenvalue weighted by molar-refractivity contribution is -0.216. The third-order valence-electron chi connectivity index (χ3n) is 8.46. The number of aliphatic carboxylic acids is 1. The van der Waals surface area contributed by atoms with E-state index in [-0.39, 0.29) is 17.7 Å². The molecule has 3 aliphatic rings. The van der Waals surface area contributed by atoms with Crippen LogP contribution in [0.2, 0.25) is 0 Å². The van der Waals surface area contributed by atoms with Crippen LogP contribution >= 0.6 is 0 Å². The molecule has 2 N–H and O–H groups in total. The highest BCUT2D eigenvalue weighted by atomic mass is 19.4. The lowest BCUT2D eigenvalue weighted by Crippen LogP contribution is -2.81. The molecule has 2 saturated carbocycles. The van der Waals surface area contributed by atoms with Gasteiger partial charge in [-0.15, -0.1) is 0 Å². The van der Waals surface area contributed by atoms with Crippen LogP contribution in [0.5, 0.6) is 0 Å². The minimum absolute atomic E-state index is 0.0287. The Balaban J connectivity index is 1.87. The number of carbonyl (C=O) groups is 3. The van der Waals surface area contributed by atoms with Gasteiger partial charge in [-0.25, -0.2) is 0 Å². The summed E-state index contributed by atoms with van der Waals surface area (Å²) in [7, 11) is 0. The van der Waals surface area contributed by atoms with Gasteiger partial charge in [-0.05, 0) is 32.1 Å². The Morgan fingerprint density at radius 2 is 1.63 bits per heavy atom. The highest BCUT2D eigenvalue weighted by molar-refractivity contribution is 5.89. The summed E-state index contributed by atoms with van der Waals surface area (Å²) >= 11 is 0. The van der Waals surface area contributed by atoms with E-state index in [9.17, 15) is 24.6 Å². The molecule has 2 aliphatic carbocycles. The van der Waals surface area contributed by atoms with E-state index in [1.54, 1.807) is 24.3 Å². The smallest absolute Gasteiger partial charge is 0.481 e. The molecule has 10 heteroatoms. The Morgan fingerprint density at radius 1 is 0.974 bits per heavy atom. The number of amides is 2. The average molecular weight is 532 g/mol. The molecule has 0 spiro atoms. The van der Waals surface area contributed by atoms with Gasteiger partial charge in [0.15, 0.2) is 5.66 Å². The molecule has 2 aromatic rings. The van der Waals surface area contributed by atoms with Crippen LogP contribution < -0.4 is 4.48 Å². The van der Waals surface area contributed by atoms with Crippen molar-refractivity contribution in [1.29, 1.82) is 0 Å². The molecule has 5 rings (SSSR count). The van der Waals surface area contributed by atoms with E-state index >= 15 is 13.2 Å². The molecule has 2 amide bonds. The molecule has 0 unspecified atom stereocenters. The largest absolute Gasteiger partial charge is 0.521 e. The van der Waals surface area contributed by atoms with Crippen molar-refractivity contribution in [2.75, 3.05) is 0 Å². The van der Waals surface area contributed by atoms with Crippen molar-refractivity contribution in [2.45, 2.75) is 75.3 Å².